The van der Waals surface area contributed by atoms with Gasteiger partial charge in [0.05, 0.1) is 11.4 Å². The van der Waals surface area contributed by atoms with Crippen molar-refractivity contribution in [3.8, 4) is 0 Å². The second-order valence-electron chi connectivity index (χ2n) is 7.51. The molecule has 0 atom stereocenters. The zero-order valence-electron chi connectivity index (χ0n) is 14.7. The first-order valence-corrected chi connectivity index (χ1v) is 9.55. The molecule has 1 aromatic rings. The molecule has 2 heterocycles. The molecule has 0 spiro atoms. The van der Waals surface area contributed by atoms with Gasteiger partial charge >= 0.3 is 0 Å². The number of hydrogen-bond acceptors (Lipinski definition) is 6. The van der Waals surface area contributed by atoms with E-state index in [0.717, 1.165) is 10.7 Å². The lowest BCUT2D eigenvalue weighted by molar-refractivity contribution is 0.461. The Labute approximate surface area is 148 Å². The number of nitrogens with zero attached hydrogens (tertiary/aromatic N) is 2. The SMILES string of the molecule is CC(C)(C)C1=CS/C(=C(/N)c2ccnc(NC3CCCCC3)n2)N1. The van der Waals surface area contributed by atoms with Crippen LogP contribution in [0.3, 0.4) is 0 Å². The number of thioether (sulfide) groups is 1. The van der Waals surface area contributed by atoms with Crippen molar-refractivity contribution >= 4 is 23.4 Å². The van der Waals surface area contributed by atoms with E-state index in [1.54, 1.807) is 18.0 Å². The third-order valence-electron chi connectivity index (χ3n) is 4.47. The van der Waals surface area contributed by atoms with Crippen LogP contribution in [0.4, 0.5) is 5.95 Å². The van der Waals surface area contributed by atoms with E-state index in [1.165, 1.54) is 37.8 Å². The van der Waals surface area contributed by atoms with E-state index < -0.39 is 0 Å². The van der Waals surface area contributed by atoms with Crippen molar-refractivity contribution in [1.82, 2.24) is 15.3 Å². The van der Waals surface area contributed by atoms with Crippen molar-refractivity contribution in [2.45, 2.75) is 58.9 Å². The summed E-state index contributed by atoms with van der Waals surface area (Å²) >= 11 is 1.62. The molecule has 0 amide bonds. The summed E-state index contributed by atoms with van der Waals surface area (Å²) in [6, 6.07) is 2.35. The molecule has 1 saturated carbocycles. The minimum atomic E-state index is 0.0778. The Morgan fingerprint density at radius 1 is 1.29 bits per heavy atom. The summed E-state index contributed by atoms with van der Waals surface area (Å²) in [5, 5.41) is 9.96. The lowest BCUT2D eigenvalue weighted by Gasteiger charge is -2.23. The maximum absolute atomic E-state index is 6.35. The molecule has 5 nitrogen and oxygen atoms in total. The number of anilines is 1. The number of nitrogens with one attached hydrogen (secondary N) is 2. The molecule has 6 heteroatoms. The fourth-order valence-electron chi connectivity index (χ4n) is 2.92. The van der Waals surface area contributed by atoms with Crippen LogP contribution in [-0.4, -0.2) is 16.0 Å². The van der Waals surface area contributed by atoms with Gasteiger partial charge in [0.2, 0.25) is 5.95 Å². The summed E-state index contributed by atoms with van der Waals surface area (Å²) in [5.74, 6) is 0.676. The summed E-state index contributed by atoms with van der Waals surface area (Å²) < 4.78 is 0. The van der Waals surface area contributed by atoms with E-state index in [1.807, 2.05) is 6.07 Å². The third kappa shape index (κ3) is 4.04. The summed E-state index contributed by atoms with van der Waals surface area (Å²) in [5.41, 5.74) is 9.05. The van der Waals surface area contributed by atoms with E-state index in [0.29, 0.717) is 17.7 Å². The third-order valence-corrected chi connectivity index (χ3v) is 5.38. The maximum atomic E-state index is 6.35. The Balaban J connectivity index is 1.73. The van der Waals surface area contributed by atoms with Gasteiger partial charge < -0.3 is 16.4 Å². The highest BCUT2D eigenvalue weighted by atomic mass is 32.2. The van der Waals surface area contributed by atoms with Crippen LogP contribution < -0.4 is 16.4 Å². The van der Waals surface area contributed by atoms with Gasteiger partial charge in [0.25, 0.3) is 0 Å². The molecule has 0 unspecified atom stereocenters. The fourth-order valence-corrected chi connectivity index (χ4v) is 3.97. The lowest BCUT2D eigenvalue weighted by Crippen LogP contribution is -2.24. The normalized spacial score (nSPS) is 21.2. The number of hydrogen-bond donors (Lipinski definition) is 3. The molecule has 1 aliphatic carbocycles. The fraction of sp³-hybridized carbons (Fsp3) is 0.556. The Bertz CT molecular complexity index is 654. The quantitative estimate of drug-likeness (QED) is 0.768. The molecule has 4 N–H and O–H groups in total. The molecule has 0 aromatic carbocycles. The van der Waals surface area contributed by atoms with E-state index in [4.69, 9.17) is 5.73 Å². The van der Waals surface area contributed by atoms with Crippen molar-refractivity contribution in [3.63, 3.8) is 0 Å². The van der Waals surface area contributed by atoms with Gasteiger partial charge in [0, 0.05) is 23.4 Å². The van der Waals surface area contributed by atoms with Gasteiger partial charge in [-0.1, -0.05) is 51.8 Å². The zero-order chi connectivity index (χ0) is 17.2. The van der Waals surface area contributed by atoms with Crippen LogP contribution in [0.1, 0.15) is 58.6 Å². The molecular formula is C18H27N5S. The molecule has 1 fully saturated rings. The molecular weight excluding hydrogens is 318 g/mol. The molecule has 1 aromatic heterocycles. The molecule has 0 bridgehead atoms. The van der Waals surface area contributed by atoms with Gasteiger partial charge in [0.15, 0.2) is 0 Å². The van der Waals surface area contributed by atoms with Crippen molar-refractivity contribution < 1.29 is 0 Å². The van der Waals surface area contributed by atoms with Crippen molar-refractivity contribution in [1.29, 1.82) is 0 Å². The first-order valence-electron chi connectivity index (χ1n) is 8.67. The number of aromatic nitrogens is 2. The molecule has 2 aliphatic rings. The highest BCUT2D eigenvalue weighted by molar-refractivity contribution is 8.06. The summed E-state index contributed by atoms with van der Waals surface area (Å²) in [6.07, 6.45) is 8.07. The number of nitrogens with two attached hydrogens (primary N) is 1. The molecule has 0 saturated heterocycles. The van der Waals surface area contributed by atoms with Crippen molar-refractivity contribution in [2.24, 2.45) is 11.1 Å². The predicted octanol–water partition coefficient (Wildman–Crippen LogP) is 4.03. The first-order chi connectivity index (χ1) is 11.4. The topological polar surface area (TPSA) is 75.9 Å². The summed E-state index contributed by atoms with van der Waals surface area (Å²) in [7, 11) is 0. The summed E-state index contributed by atoms with van der Waals surface area (Å²) in [4.78, 5) is 8.97. The van der Waals surface area contributed by atoms with E-state index in [-0.39, 0.29) is 5.41 Å². The van der Waals surface area contributed by atoms with Crippen molar-refractivity contribution in [2.75, 3.05) is 5.32 Å². The largest absolute Gasteiger partial charge is 0.395 e. The van der Waals surface area contributed by atoms with E-state index in [9.17, 15) is 0 Å². The second-order valence-corrected chi connectivity index (χ2v) is 8.39. The van der Waals surface area contributed by atoms with Gasteiger partial charge in [-0.05, 0) is 24.3 Å². The monoisotopic (exact) mass is 345 g/mol. The molecule has 24 heavy (non-hydrogen) atoms. The van der Waals surface area contributed by atoms with Gasteiger partial charge in [-0.25, -0.2) is 9.97 Å². The highest BCUT2D eigenvalue weighted by Crippen LogP contribution is 2.36. The minimum absolute atomic E-state index is 0.0778. The second kappa shape index (κ2) is 7.05. The standard InChI is InChI=1S/C18H27N5S/c1-18(2,3)14-11-24-16(23-14)15(19)13-9-10-20-17(22-13)21-12-7-5-4-6-8-12/h9-12,23H,4-8,19H2,1-3H3,(H,20,21,22)/b16-15+. The van der Waals surface area contributed by atoms with Crippen LogP contribution in [0.15, 0.2) is 28.4 Å². The Morgan fingerprint density at radius 2 is 2.04 bits per heavy atom. The van der Waals surface area contributed by atoms with Gasteiger partial charge in [-0.15, -0.1) is 0 Å². The van der Waals surface area contributed by atoms with Gasteiger partial charge in [0.1, 0.15) is 5.03 Å². The van der Waals surface area contributed by atoms with Crippen LogP contribution in [-0.2, 0) is 0 Å². The average Bonchev–Trinajstić information content (AvgIpc) is 3.06. The lowest BCUT2D eigenvalue weighted by atomic mass is 9.93. The summed E-state index contributed by atoms with van der Waals surface area (Å²) in [6.45, 7) is 6.55. The Morgan fingerprint density at radius 3 is 2.71 bits per heavy atom. The van der Waals surface area contributed by atoms with Crippen LogP contribution in [0, 0.1) is 5.41 Å². The Kier molecular flexibility index (Phi) is 5.04. The van der Waals surface area contributed by atoms with Crippen LogP contribution >= 0.6 is 11.8 Å². The number of rotatable bonds is 3. The van der Waals surface area contributed by atoms with Crippen molar-refractivity contribution in [3.05, 3.63) is 34.1 Å². The van der Waals surface area contributed by atoms with Crippen LogP contribution in [0.5, 0.6) is 0 Å². The van der Waals surface area contributed by atoms with E-state index in [2.05, 4.69) is 46.8 Å². The van der Waals surface area contributed by atoms with E-state index >= 15 is 0 Å². The minimum Gasteiger partial charge on any atom is -0.395 e. The van der Waals surface area contributed by atoms with Crippen LogP contribution in [0.2, 0.25) is 0 Å². The Hall–Kier alpha value is -1.69. The highest BCUT2D eigenvalue weighted by Gasteiger charge is 2.24. The maximum Gasteiger partial charge on any atom is 0.223 e. The number of allylic oxidation sites excluding steroid dienone is 1. The van der Waals surface area contributed by atoms with Gasteiger partial charge in [-0.3, -0.25) is 0 Å². The smallest absolute Gasteiger partial charge is 0.223 e. The predicted molar refractivity (Wildman–Crippen MR) is 102 cm³/mol. The van der Waals surface area contributed by atoms with Crippen LogP contribution in [0.25, 0.3) is 5.70 Å². The van der Waals surface area contributed by atoms with Gasteiger partial charge in [-0.2, -0.15) is 0 Å². The average molecular weight is 346 g/mol. The molecule has 0 radical (unpaired) electrons. The zero-order valence-corrected chi connectivity index (χ0v) is 15.5. The molecule has 1 aliphatic heterocycles. The molecule has 130 valence electrons. The first kappa shape index (κ1) is 17.1. The molecule has 3 rings (SSSR count).